The minimum atomic E-state index is -0.157. The molecule has 0 aromatic heterocycles. The zero-order chi connectivity index (χ0) is 16.5. The third kappa shape index (κ3) is 5.51. The van der Waals surface area contributed by atoms with E-state index in [0.29, 0.717) is 19.4 Å². The zero-order valence-electron chi connectivity index (χ0n) is 14.0. The Labute approximate surface area is 132 Å². The second kappa shape index (κ2) is 9.23. The number of Topliss-reactive ketones (excluding diaryl/α,β-unsaturated/α-hetero) is 1. The van der Waals surface area contributed by atoms with E-state index in [0.717, 1.165) is 41.7 Å². The molecule has 0 amide bonds. The summed E-state index contributed by atoms with van der Waals surface area (Å²) in [7, 11) is 1.64. The predicted octanol–water partition coefficient (Wildman–Crippen LogP) is 4.01. The molecule has 22 heavy (non-hydrogen) atoms. The monoisotopic (exact) mass is 306 g/mol. The van der Waals surface area contributed by atoms with Crippen molar-refractivity contribution in [1.29, 1.82) is 0 Å². The first-order valence-electron chi connectivity index (χ1n) is 7.83. The maximum Gasteiger partial charge on any atom is 0.305 e. The Hall–Kier alpha value is -1.84. The highest BCUT2D eigenvalue weighted by atomic mass is 16.5. The van der Waals surface area contributed by atoms with Gasteiger partial charge in [-0.1, -0.05) is 6.42 Å². The van der Waals surface area contributed by atoms with Gasteiger partial charge in [-0.05, 0) is 56.9 Å². The Bertz CT molecular complexity index is 497. The maximum atomic E-state index is 12.2. The molecule has 0 aliphatic heterocycles. The molecule has 0 fully saturated rings. The number of methoxy groups -OCH3 is 1. The molecule has 0 unspecified atom stereocenters. The average Bonchev–Trinajstić information content (AvgIpc) is 2.46. The topological polar surface area (TPSA) is 52.6 Å². The summed E-state index contributed by atoms with van der Waals surface area (Å²) in [5.74, 6) is 0.825. The number of ether oxygens (including phenoxy) is 2. The molecule has 122 valence electrons. The standard InChI is InChI=1S/C18H26O4/c1-5-22-17(20)10-8-6-7-9-16(19)15-11-13(2)18(21-4)14(3)12-15/h11-12H,5-10H2,1-4H3. The minimum absolute atomic E-state index is 0.144. The fourth-order valence-electron chi connectivity index (χ4n) is 2.54. The lowest BCUT2D eigenvalue weighted by atomic mass is 9.99. The van der Waals surface area contributed by atoms with Gasteiger partial charge in [-0.2, -0.15) is 0 Å². The largest absolute Gasteiger partial charge is 0.496 e. The number of carbonyl (C=O) groups is 2. The summed E-state index contributed by atoms with van der Waals surface area (Å²) in [6.45, 7) is 6.12. The van der Waals surface area contributed by atoms with Crippen LogP contribution in [0.25, 0.3) is 0 Å². The fourth-order valence-corrected chi connectivity index (χ4v) is 2.54. The van der Waals surface area contributed by atoms with Crippen molar-refractivity contribution in [2.45, 2.75) is 52.9 Å². The number of ketones is 1. The van der Waals surface area contributed by atoms with E-state index in [4.69, 9.17) is 9.47 Å². The van der Waals surface area contributed by atoms with Gasteiger partial charge in [0.2, 0.25) is 0 Å². The molecule has 0 saturated heterocycles. The van der Waals surface area contributed by atoms with Crippen molar-refractivity contribution in [2.24, 2.45) is 0 Å². The fraction of sp³-hybridized carbons (Fsp3) is 0.556. The van der Waals surface area contributed by atoms with Gasteiger partial charge in [0.25, 0.3) is 0 Å². The van der Waals surface area contributed by atoms with Gasteiger partial charge in [0, 0.05) is 18.4 Å². The summed E-state index contributed by atoms with van der Waals surface area (Å²) >= 11 is 0. The third-order valence-corrected chi connectivity index (χ3v) is 3.58. The lowest BCUT2D eigenvalue weighted by Crippen LogP contribution is -2.04. The van der Waals surface area contributed by atoms with Crippen LogP contribution in [-0.4, -0.2) is 25.5 Å². The zero-order valence-corrected chi connectivity index (χ0v) is 14.0. The summed E-state index contributed by atoms with van der Waals surface area (Å²) in [4.78, 5) is 23.4. The van der Waals surface area contributed by atoms with Crippen molar-refractivity contribution in [3.8, 4) is 5.75 Å². The van der Waals surface area contributed by atoms with Gasteiger partial charge >= 0.3 is 5.97 Å². The first-order chi connectivity index (χ1) is 10.5. The van der Waals surface area contributed by atoms with Crippen LogP contribution in [0.15, 0.2) is 12.1 Å². The maximum absolute atomic E-state index is 12.2. The Morgan fingerprint density at radius 2 is 1.59 bits per heavy atom. The Balaban J connectivity index is 2.42. The van der Waals surface area contributed by atoms with Crippen molar-refractivity contribution < 1.29 is 19.1 Å². The smallest absolute Gasteiger partial charge is 0.305 e. The van der Waals surface area contributed by atoms with Gasteiger partial charge < -0.3 is 9.47 Å². The van der Waals surface area contributed by atoms with Gasteiger partial charge in [-0.25, -0.2) is 0 Å². The van der Waals surface area contributed by atoms with Gasteiger partial charge in [0.1, 0.15) is 5.75 Å². The van der Waals surface area contributed by atoms with Crippen LogP contribution in [0.4, 0.5) is 0 Å². The Kier molecular flexibility index (Phi) is 7.64. The first kappa shape index (κ1) is 18.2. The van der Waals surface area contributed by atoms with E-state index in [2.05, 4.69) is 0 Å². The highest BCUT2D eigenvalue weighted by Gasteiger charge is 2.11. The number of carbonyl (C=O) groups excluding carboxylic acids is 2. The highest BCUT2D eigenvalue weighted by Crippen LogP contribution is 2.25. The molecule has 1 aromatic carbocycles. The Morgan fingerprint density at radius 3 is 2.14 bits per heavy atom. The molecule has 0 spiro atoms. The lowest BCUT2D eigenvalue weighted by molar-refractivity contribution is -0.143. The highest BCUT2D eigenvalue weighted by molar-refractivity contribution is 5.96. The van der Waals surface area contributed by atoms with Crippen molar-refractivity contribution in [1.82, 2.24) is 0 Å². The van der Waals surface area contributed by atoms with Crippen LogP contribution in [0.3, 0.4) is 0 Å². The quantitative estimate of drug-likeness (QED) is 0.393. The molecule has 0 aliphatic carbocycles. The van der Waals surface area contributed by atoms with Crippen LogP contribution in [0.5, 0.6) is 5.75 Å². The lowest BCUT2D eigenvalue weighted by Gasteiger charge is -2.10. The molecule has 1 rings (SSSR count). The van der Waals surface area contributed by atoms with E-state index in [9.17, 15) is 9.59 Å². The molecular formula is C18H26O4. The molecule has 0 atom stereocenters. The van der Waals surface area contributed by atoms with Crippen LogP contribution in [0.1, 0.15) is 60.5 Å². The van der Waals surface area contributed by atoms with Gasteiger partial charge in [0.05, 0.1) is 13.7 Å². The second-order valence-corrected chi connectivity index (χ2v) is 5.43. The van der Waals surface area contributed by atoms with Crippen molar-refractivity contribution in [3.05, 3.63) is 28.8 Å². The molecule has 0 saturated carbocycles. The number of rotatable bonds is 9. The molecule has 4 heteroatoms. The van der Waals surface area contributed by atoms with Crippen molar-refractivity contribution in [2.75, 3.05) is 13.7 Å². The molecule has 0 radical (unpaired) electrons. The first-order valence-corrected chi connectivity index (χ1v) is 7.83. The number of benzene rings is 1. The van der Waals surface area contributed by atoms with Crippen molar-refractivity contribution in [3.63, 3.8) is 0 Å². The molecular weight excluding hydrogens is 280 g/mol. The number of esters is 1. The van der Waals surface area contributed by atoms with Crippen LogP contribution < -0.4 is 4.74 Å². The summed E-state index contributed by atoms with van der Waals surface area (Å²) < 4.78 is 10.2. The van der Waals surface area contributed by atoms with E-state index < -0.39 is 0 Å². The summed E-state index contributed by atoms with van der Waals surface area (Å²) in [6.07, 6.45) is 3.37. The van der Waals surface area contributed by atoms with Crippen molar-refractivity contribution >= 4 is 11.8 Å². The normalized spacial score (nSPS) is 10.4. The number of unbranched alkanes of at least 4 members (excludes halogenated alkanes) is 2. The summed E-state index contributed by atoms with van der Waals surface area (Å²) in [5, 5.41) is 0. The predicted molar refractivity (Wildman–Crippen MR) is 86.5 cm³/mol. The summed E-state index contributed by atoms with van der Waals surface area (Å²) in [5.41, 5.74) is 2.70. The average molecular weight is 306 g/mol. The third-order valence-electron chi connectivity index (χ3n) is 3.58. The van der Waals surface area contributed by atoms with Gasteiger partial charge in [-0.3, -0.25) is 9.59 Å². The summed E-state index contributed by atoms with van der Waals surface area (Å²) in [6, 6.07) is 3.76. The van der Waals surface area contributed by atoms with Crippen LogP contribution in [0, 0.1) is 13.8 Å². The molecule has 4 nitrogen and oxygen atoms in total. The van der Waals surface area contributed by atoms with Gasteiger partial charge in [0.15, 0.2) is 5.78 Å². The molecule has 1 aromatic rings. The molecule has 0 N–H and O–H groups in total. The molecule has 0 bridgehead atoms. The Morgan fingerprint density at radius 1 is 1.00 bits per heavy atom. The van der Waals surface area contributed by atoms with E-state index in [1.54, 1.807) is 14.0 Å². The molecule has 0 aliphatic rings. The van der Waals surface area contributed by atoms with Gasteiger partial charge in [-0.15, -0.1) is 0 Å². The molecule has 0 heterocycles. The van der Waals surface area contributed by atoms with Crippen LogP contribution >= 0.6 is 0 Å². The van der Waals surface area contributed by atoms with E-state index in [1.165, 1.54) is 0 Å². The number of aryl methyl sites for hydroxylation is 2. The minimum Gasteiger partial charge on any atom is -0.496 e. The van der Waals surface area contributed by atoms with Crippen LogP contribution in [0.2, 0.25) is 0 Å². The van der Waals surface area contributed by atoms with E-state index >= 15 is 0 Å². The number of hydrogen-bond donors (Lipinski definition) is 0. The van der Waals surface area contributed by atoms with E-state index in [1.807, 2.05) is 26.0 Å². The van der Waals surface area contributed by atoms with Crippen LogP contribution in [-0.2, 0) is 9.53 Å². The SMILES string of the molecule is CCOC(=O)CCCCCC(=O)c1cc(C)c(OC)c(C)c1. The second-order valence-electron chi connectivity index (χ2n) is 5.43. The van der Waals surface area contributed by atoms with E-state index in [-0.39, 0.29) is 11.8 Å². The number of hydrogen-bond acceptors (Lipinski definition) is 4.